The molecule has 1 aromatic heterocycles. The molecule has 1 amide bonds. The smallest absolute Gasteiger partial charge is 0.226 e. The average molecular weight is 285 g/mol. The number of rotatable bonds is 4. The highest BCUT2D eigenvalue weighted by Gasteiger charge is 2.29. The van der Waals surface area contributed by atoms with Gasteiger partial charge in [0.05, 0.1) is 12.5 Å². The van der Waals surface area contributed by atoms with Crippen molar-refractivity contribution >= 4 is 5.91 Å². The van der Waals surface area contributed by atoms with Gasteiger partial charge in [-0.25, -0.2) is 4.98 Å². The van der Waals surface area contributed by atoms with Gasteiger partial charge >= 0.3 is 0 Å². The number of aromatic nitrogens is 2. The fourth-order valence-electron chi connectivity index (χ4n) is 2.51. The number of para-hydroxylation sites is 1. The van der Waals surface area contributed by atoms with Crippen molar-refractivity contribution in [2.24, 2.45) is 5.92 Å². The summed E-state index contributed by atoms with van der Waals surface area (Å²) in [5.41, 5.74) is 7.09. The van der Waals surface area contributed by atoms with Crippen LogP contribution in [-0.2, 0) is 11.3 Å². The van der Waals surface area contributed by atoms with Crippen LogP contribution in [0.15, 0.2) is 42.7 Å². The number of carbonyl (C=O) groups is 1. The average Bonchev–Trinajstić information content (AvgIpc) is 3.14. The Labute approximate surface area is 123 Å². The maximum atomic E-state index is 12.2. The SMILES string of the molecule is CC1NNCC1C(=O)NCc1nccn1-c1ccccc1. The van der Waals surface area contributed by atoms with E-state index in [0.717, 1.165) is 11.5 Å². The number of carbonyl (C=O) groups excluding carboxylic acids is 1. The largest absolute Gasteiger partial charge is 0.349 e. The molecule has 1 aliphatic rings. The van der Waals surface area contributed by atoms with Crippen molar-refractivity contribution in [1.29, 1.82) is 0 Å². The quantitative estimate of drug-likeness (QED) is 0.769. The maximum Gasteiger partial charge on any atom is 0.226 e. The van der Waals surface area contributed by atoms with Gasteiger partial charge in [0, 0.05) is 30.7 Å². The van der Waals surface area contributed by atoms with E-state index in [-0.39, 0.29) is 17.9 Å². The number of amides is 1. The molecule has 0 radical (unpaired) electrons. The van der Waals surface area contributed by atoms with Crippen molar-refractivity contribution in [2.45, 2.75) is 19.5 Å². The van der Waals surface area contributed by atoms with E-state index in [2.05, 4.69) is 21.2 Å². The number of imidazole rings is 1. The molecule has 0 aliphatic carbocycles. The summed E-state index contributed by atoms with van der Waals surface area (Å²) in [5.74, 6) is 0.814. The van der Waals surface area contributed by atoms with E-state index in [4.69, 9.17) is 0 Å². The van der Waals surface area contributed by atoms with Crippen LogP contribution in [0.4, 0.5) is 0 Å². The van der Waals surface area contributed by atoms with Crippen LogP contribution in [-0.4, -0.2) is 28.0 Å². The molecule has 0 saturated carbocycles. The third-order valence-electron chi connectivity index (χ3n) is 3.76. The molecule has 2 heterocycles. The second kappa shape index (κ2) is 6.07. The van der Waals surface area contributed by atoms with E-state index >= 15 is 0 Å². The molecule has 21 heavy (non-hydrogen) atoms. The molecule has 6 nitrogen and oxygen atoms in total. The van der Waals surface area contributed by atoms with Crippen LogP contribution in [0.5, 0.6) is 0 Å². The van der Waals surface area contributed by atoms with Crippen LogP contribution in [0, 0.1) is 5.92 Å². The van der Waals surface area contributed by atoms with Crippen LogP contribution in [0.3, 0.4) is 0 Å². The molecule has 2 aromatic rings. The van der Waals surface area contributed by atoms with Gasteiger partial charge in [0.15, 0.2) is 0 Å². The van der Waals surface area contributed by atoms with E-state index in [1.165, 1.54) is 0 Å². The lowest BCUT2D eigenvalue weighted by molar-refractivity contribution is -0.124. The fourth-order valence-corrected chi connectivity index (χ4v) is 2.51. The van der Waals surface area contributed by atoms with Crippen molar-refractivity contribution in [1.82, 2.24) is 25.7 Å². The minimum Gasteiger partial charge on any atom is -0.349 e. The first kappa shape index (κ1) is 13.8. The third-order valence-corrected chi connectivity index (χ3v) is 3.76. The lowest BCUT2D eigenvalue weighted by Gasteiger charge is -2.14. The molecule has 6 heteroatoms. The molecule has 3 rings (SSSR count). The number of nitrogens with zero attached hydrogens (tertiary/aromatic N) is 2. The monoisotopic (exact) mass is 285 g/mol. The zero-order valence-corrected chi connectivity index (χ0v) is 11.9. The van der Waals surface area contributed by atoms with E-state index in [1.54, 1.807) is 6.20 Å². The van der Waals surface area contributed by atoms with E-state index in [1.807, 2.05) is 48.0 Å². The Morgan fingerprint density at radius 1 is 1.43 bits per heavy atom. The summed E-state index contributed by atoms with van der Waals surface area (Å²) in [6.07, 6.45) is 3.65. The number of benzene rings is 1. The predicted octanol–water partition coefficient (Wildman–Crippen LogP) is 0.601. The summed E-state index contributed by atoms with van der Waals surface area (Å²) >= 11 is 0. The van der Waals surface area contributed by atoms with Gasteiger partial charge in [0.25, 0.3) is 0 Å². The summed E-state index contributed by atoms with van der Waals surface area (Å²) in [5, 5.41) is 2.97. The molecule has 1 aromatic carbocycles. The molecular weight excluding hydrogens is 266 g/mol. The number of hydrogen-bond acceptors (Lipinski definition) is 4. The highest BCUT2D eigenvalue weighted by molar-refractivity contribution is 5.79. The molecule has 2 unspecified atom stereocenters. The van der Waals surface area contributed by atoms with Crippen LogP contribution >= 0.6 is 0 Å². The van der Waals surface area contributed by atoms with Gasteiger partial charge in [-0.05, 0) is 19.1 Å². The molecule has 3 N–H and O–H groups in total. The molecule has 2 atom stereocenters. The van der Waals surface area contributed by atoms with Crippen molar-refractivity contribution in [3.8, 4) is 5.69 Å². The summed E-state index contributed by atoms with van der Waals surface area (Å²) in [7, 11) is 0. The highest BCUT2D eigenvalue weighted by Crippen LogP contribution is 2.11. The van der Waals surface area contributed by atoms with Crippen LogP contribution < -0.4 is 16.2 Å². The van der Waals surface area contributed by atoms with Gasteiger partial charge in [-0.3, -0.25) is 15.6 Å². The summed E-state index contributed by atoms with van der Waals surface area (Å²) in [6, 6.07) is 10.1. The standard InChI is InChI=1S/C15H19N5O/c1-11-13(9-18-19-11)15(21)17-10-14-16-7-8-20(14)12-5-3-2-4-6-12/h2-8,11,13,18-19H,9-10H2,1H3,(H,17,21). The minimum atomic E-state index is -0.0508. The van der Waals surface area contributed by atoms with Crippen molar-refractivity contribution in [3.63, 3.8) is 0 Å². The van der Waals surface area contributed by atoms with E-state index in [9.17, 15) is 4.79 Å². The molecule has 1 saturated heterocycles. The second-order valence-electron chi connectivity index (χ2n) is 5.19. The number of hydrazine groups is 1. The Bertz CT molecular complexity index is 610. The van der Waals surface area contributed by atoms with Gasteiger partial charge in [0.1, 0.15) is 5.82 Å². The Balaban J connectivity index is 1.67. The van der Waals surface area contributed by atoms with Gasteiger partial charge in [-0.15, -0.1) is 0 Å². The Morgan fingerprint density at radius 2 is 2.24 bits per heavy atom. The molecule has 1 fully saturated rings. The Kier molecular flexibility index (Phi) is 3.98. The molecule has 110 valence electrons. The minimum absolute atomic E-state index is 0.0441. The number of nitrogens with one attached hydrogen (secondary N) is 3. The maximum absolute atomic E-state index is 12.2. The lowest BCUT2D eigenvalue weighted by Crippen LogP contribution is -2.37. The predicted molar refractivity (Wildman–Crippen MR) is 79.5 cm³/mol. The first-order chi connectivity index (χ1) is 10.3. The van der Waals surface area contributed by atoms with E-state index < -0.39 is 0 Å². The Morgan fingerprint density at radius 3 is 2.95 bits per heavy atom. The lowest BCUT2D eigenvalue weighted by atomic mass is 10.0. The van der Waals surface area contributed by atoms with Crippen molar-refractivity contribution in [3.05, 3.63) is 48.5 Å². The second-order valence-corrected chi connectivity index (χ2v) is 5.19. The van der Waals surface area contributed by atoms with Crippen LogP contribution in [0.2, 0.25) is 0 Å². The van der Waals surface area contributed by atoms with Gasteiger partial charge in [0.2, 0.25) is 5.91 Å². The van der Waals surface area contributed by atoms with Crippen molar-refractivity contribution < 1.29 is 4.79 Å². The van der Waals surface area contributed by atoms with E-state index in [0.29, 0.717) is 13.1 Å². The molecule has 0 spiro atoms. The van der Waals surface area contributed by atoms with Crippen LogP contribution in [0.1, 0.15) is 12.7 Å². The highest BCUT2D eigenvalue weighted by atomic mass is 16.2. The Hall–Kier alpha value is -2.18. The zero-order valence-electron chi connectivity index (χ0n) is 11.9. The molecular formula is C15H19N5O. The molecule has 0 bridgehead atoms. The fraction of sp³-hybridized carbons (Fsp3) is 0.333. The van der Waals surface area contributed by atoms with Gasteiger partial charge in [-0.2, -0.15) is 0 Å². The molecule has 1 aliphatic heterocycles. The zero-order chi connectivity index (χ0) is 14.7. The topological polar surface area (TPSA) is 71.0 Å². The van der Waals surface area contributed by atoms with Crippen molar-refractivity contribution in [2.75, 3.05) is 6.54 Å². The normalized spacial score (nSPS) is 21.4. The van der Waals surface area contributed by atoms with Gasteiger partial charge < -0.3 is 9.88 Å². The first-order valence-electron chi connectivity index (χ1n) is 7.09. The van der Waals surface area contributed by atoms with Gasteiger partial charge in [-0.1, -0.05) is 18.2 Å². The van der Waals surface area contributed by atoms with Crippen LogP contribution in [0.25, 0.3) is 5.69 Å². The summed E-state index contributed by atoms with van der Waals surface area (Å²) in [4.78, 5) is 16.5. The third kappa shape index (κ3) is 2.96. The summed E-state index contributed by atoms with van der Waals surface area (Å²) < 4.78 is 1.98. The first-order valence-corrected chi connectivity index (χ1v) is 7.09. The number of hydrogen-bond donors (Lipinski definition) is 3. The summed E-state index contributed by atoms with van der Waals surface area (Å²) in [6.45, 7) is 3.07.